The highest BCUT2D eigenvalue weighted by atomic mass is 35.5. The van der Waals surface area contributed by atoms with Crippen LogP contribution in [0.4, 0.5) is 5.69 Å². The molecule has 22 heavy (non-hydrogen) atoms. The summed E-state index contributed by atoms with van der Waals surface area (Å²) in [6.07, 6.45) is 0. The number of phenols is 1. The van der Waals surface area contributed by atoms with Gasteiger partial charge in [0.05, 0.1) is 4.92 Å². The number of rotatable bonds is 5. The minimum atomic E-state index is -0.693. The first-order valence-corrected chi connectivity index (χ1v) is 6.76. The van der Waals surface area contributed by atoms with Gasteiger partial charge in [0.2, 0.25) is 0 Å². The molecule has 1 aromatic carbocycles. The molecular weight excluding hydrogens is 312 g/mol. The van der Waals surface area contributed by atoms with Gasteiger partial charge in [-0.15, -0.1) is 12.4 Å². The Kier molecular flexibility index (Phi) is 7.03. The lowest BCUT2D eigenvalue weighted by molar-refractivity contribution is -0.385. The molecule has 0 saturated carbocycles. The van der Waals surface area contributed by atoms with Gasteiger partial charge >= 0.3 is 5.69 Å². The summed E-state index contributed by atoms with van der Waals surface area (Å²) in [4.78, 5) is 24.0. The molecule has 8 nitrogen and oxygen atoms in total. The number of benzene rings is 1. The molecule has 0 radical (unpaired) electrons. The highest BCUT2D eigenvalue weighted by molar-refractivity contribution is 5.95. The van der Waals surface area contributed by atoms with Crippen molar-refractivity contribution in [2.75, 3.05) is 39.3 Å². The number of nitrogens with one attached hydrogen (secondary N) is 2. The topological polar surface area (TPSA) is 108 Å². The van der Waals surface area contributed by atoms with Gasteiger partial charge < -0.3 is 15.7 Å². The van der Waals surface area contributed by atoms with Crippen molar-refractivity contribution in [1.82, 2.24) is 15.5 Å². The molecule has 1 aliphatic rings. The van der Waals surface area contributed by atoms with Crippen LogP contribution in [0, 0.1) is 10.1 Å². The van der Waals surface area contributed by atoms with Crippen molar-refractivity contribution in [2.24, 2.45) is 0 Å². The summed E-state index contributed by atoms with van der Waals surface area (Å²) in [5.41, 5.74) is -0.203. The highest BCUT2D eigenvalue weighted by Crippen LogP contribution is 2.26. The van der Waals surface area contributed by atoms with E-state index in [1.165, 1.54) is 6.07 Å². The van der Waals surface area contributed by atoms with E-state index in [2.05, 4.69) is 15.5 Å². The quantitative estimate of drug-likeness (QED) is 0.531. The predicted molar refractivity (Wildman–Crippen MR) is 83.7 cm³/mol. The van der Waals surface area contributed by atoms with Crippen LogP contribution < -0.4 is 10.6 Å². The van der Waals surface area contributed by atoms with Gasteiger partial charge in [-0.1, -0.05) is 0 Å². The van der Waals surface area contributed by atoms with E-state index < -0.39 is 16.4 Å². The smallest absolute Gasteiger partial charge is 0.310 e. The van der Waals surface area contributed by atoms with Gasteiger partial charge in [0.15, 0.2) is 5.75 Å². The highest BCUT2D eigenvalue weighted by Gasteiger charge is 2.16. The Hall–Kier alpha value is -1.90. The molecule has 0 aromatic heterocycles. The van der Waals surface area contributed by atoms with E-state index >= 15 is 0 Å². The maximum Gasteiger partial charge on any atom is 0.310 e. The number of carbonyl (C=O) groups is 1. The molecule has 0 aliphatic carbocycles. The average Bonchev–Trinajstić information content (AvgIpc) is 2.47. The zero-order valence-electron chi connectivity index (χ0n) is 11.9. The molecule has 3 N–H and O–H groups in total. The zero-order valence-corrected chi connectivity index (χ0v) is 12.8. The number of piperazine rings is 1. The summed E-state index contributed by atoms with van der Waals surface area (Å²) in [5, 5.41) is 26.1. The normalized spacial score (nSPS) is 14.9. The molecule has 1 saturated heterocycles. The summed E-state index contributed by atoms with van der Waals surface area (Å²) in [6.45, 7) is 5.06. The minimum absolute atomic E-state index is 0. The molecule has 1 aliphatic heterocycles. The van der Waals surface area contributed by atoms with Gasteiger partial charge in [0.1, 0.15) is 0 Å². The number of hydrogen-bond donors (Lipinski definition) is 3. The maximum absolute atomic E-state index is 11.9. The summed E-state index contributed by atoms with van der Waals surface area (Å²) in [6, 6.07) is 3.57. The van der Waals surface area contributed by atoms with Gasteiger partial charge in [-0.3, -0.25) is 19.8 Å². The maximum atomic E-state index is 11.9. The van der Waals surface area contributed by atoms with E-state index in [-0.39, 0.29) is 23.9 Å². The molecule has 0 spiro atoms. The monoisotopic (exact) mass is 330 g/mol. The van der Waals surface area contributed by atoms with Crippen LogP contribution in [0.2, 0.25) is 0 Å². The van der Waals surface area contributed by atoms with Crippen molar-refractivity contribution < 1.29 is 14.8 Å². The molecule has 2 rings (SSSR count). The van der Waals surface area contributed by atoms with E-state index in [1.807, 2.05) is 0 Å². The van der Waals surface area contributed by atoms with E-state index in [9.17, 15) is 20.0 Å². The van der Waals surface area contributed by atoms with E-state index in [4.69, 9.17) is 0 Å². The molecule has 0 unspecified atom stereocenters. The van der Waals surface area contributed by atoms with Crippen LogP contribution in [0.5, 0.6) is 5.75 Å². The number of hydrogen-bond acceptors (Lipinski definition) is 6. The van der Waals surface area contributed by atoms with E-state index in [0.29, 0.717) is 6.54 Å². The molecule has 122 valence electrons. The Morgan fingerprint density at radius 2 is 2.09 bits per heavy atom. The third-order valence-electron chi connectivity index (χ3n) is 3.36. The Balaban J connectivity index is 0.00000242. The zero-order chi connectivity index (χ0) is 15.2. The summed E-state index contributed by atoms with van der Waals surface area (Å²) < 4.78 is 0. The molecule has 0 bridgehead atoms. The molecule has 1 heterocycles. The van der Waals surface area contributed by atoms with Crippen LogP contribution in [0.3, 0.4) is 0 Å². The third kappa shape index (κ3) is 4.83. The number of carbonyl (C=O) groups excluding carboxylic acids is 1. The predicted octanol–water partition coefficient (Wildman–Crippen LogP) is 0.357. The number of nitrogens with zero attached hydrogens (tertiary/aromatic N) is 2. The van der Waals surface area contributed by atoms with E-state index in [0.717, 1.165) is 44.9 Å². The van der Waals surface area contributed by atoms with Crippen molar-refractivity contribution in [3.05, 3.63) is 33.9 Å². The minimum Gasteiger partial charge on any atom is -0.502 e. The molecule has 0 atom stereocenters. The number of aromatic hydroxyl groups is 1. The lowest BCUT2D eigenvalue weighted by atomic mass is 10.2. The summed E-state index contributed by atoms with van der Waals surface area (Å²) in [5.74, 6) is -0.856. The lowest BCUT2D eigenvalue weighted by Crippen LogP contribution is -2.46. The number of phenolic OH excluding ortho intramolecular Hbond substituents is 1. The first-order valence-electron chi connectivity index (χ1n) is 6.76. The first-order chi connectivity index (χ1) is 10.1. The van der Waals surface area contributed by atoms with Crippen molar-refractivity contribution in [2.45, 2.75) is 0 Å². The Bertz CT molecular complexity index is 535. The van der Waals surface area contributed by atoms with Crippen LogP contribution in [0.15, 0.2) is 18.2 Å². The van der Waals surface area contributed by atoms with Crippen LogP contribution >= 0.6 is 12.4 Å². The summed E-state index contributed by atoms with van der Waals surface area (Å²) in [7, 11) is 0. The largest absolute Gasteiger partial charge is 0.502 e. The Labute approximate surface area is 134 Å². The first kappa shape index (κ1) is 18.1. The lowest BCUT2D eigenvalue weighted by Gasteiger charge is -2.27. The van der Waals surface area contributed by atoms with E-state index in [1.54, 1.807) is 0 Å². The van der Waals surface area contributed by atoms with Gasteiger partial charge in [0.25, 0.3) is 5.91 Å². The van der Waals surface area contributed by atoms with Gasteiger partial charge in [0, 0.05) is 50.9 Å². The number of halogens is 1. The van der Waals surface area contributed by atoms with Crippen molar-refractivity contribution in [3.8, 4) is 5.75 Å². The number of nitro benzene ring substituents is 1. The van der Waals surface area contributed by atoms with Crippen LogP contribution in [0.25, 0.3) is 0 Å². The van der Waals surface area contributed by atoms with Gasteiger partial charge in [-0.2, -0.15) is 0 Å². The van der Waals surface area contributed by atoms with Crippen LogP contribution in [0.1, 0.15) is 10.4 Å². The fourth-order valence-electron chi connectivity index (χ4n) is 2.18. The average molecular weight is 331 g/mol. The molecule has 1 aromatic rings. The number of amides is 1. The standard InChI is InChI=1S/C13H18N4O4.ClH/c18-12-9-10(1-2-11(12)17(20)21)13(19)15-5-8-16-6-3-14-4-7-16;/h1-2,9,14,18H,3-8H2,(H,15,19);1H. The van der Waals surface area contributed by atoms with Crippen molar-refractivity contribution >= 4 is 24.0 Å². The fraction of sp³-hybridized carbons (Fsp3) is 0.462. The number of nitro groups is 1. The molecule has 9 heteroatoms. The van der Waals surface area contributed by atoms with Crippen LogP contribution in [-0.4, -0.2) is 60.1 Å². The van der Waals surface area contributed by atoms with Crippen LogP contribution in [-0.2, 0) is 0 Å². The summed E-state index contributed by atoms with van der Waals surface area (Å²) >= 11 is 0. The second-order valence-corrected chi connectivity index (χ2v) is 4.81. The fourth-order valence-corrected chi connectivity index (χ4v) is 2.18. The molecule has 1 fully saturated rings. The Morgan fingerprint density at radius 1 is 1.41 bits per heavy atom. The van der Waals surface area contributed by atoms with Gasteiger partial charge in [-0.05, 0) is 12.1 Å². The molecular formula is C13H19ClN4O4. The SMILES string of the molecule is Cl.O=C(NCCN1CCNCC1)c1ccc([N+](=O)[O-])c(O)c1. The van der Waals surface area contributed by atoms with Crippen molar-refractivity contribution in [3.63, 3.8) is 0 Å². The second kappa shape index (κ2) is 8.52. The van der Waals surface area contributed by atoms with Gasteiger partial charge in [-0.25, -0.2) is 0 Å². The second-order valence-electron chi connectivity index (χ2n) is 4.81. The Morgan fingerprint density at radius 3 is 2.68 bits per heavy atom. The molecule has 1 amide bonds. The van der Waals surface area contributed by atoms with Crippen molar-refractivity contribution in [1.29, 1.82) is 0 Å². The third-order valence-corrected chi connectivity index (χ3v) is 3.36.